The molecule has 1 atom stereocenters. The van der Waals surface area contributed by atoms with Crippen LogP contribution in [-0.2, 0) is 0 Å². The molecule has 0 spiro atoms. The van der Waals surface area contributed by atoms with Crippen molar-refractivity contribution < 1.29 is 4.74 Å². The van der Waals surface area contributed by atoms with E-state index in [1.807, 2.05) is 68.6 Å². The second kappa shape index (κ2) is 6.77. The lowest BCUT2D eigenvalue weighted by Crippen LogP contribution is -2.04. The van der Waals surface area contributed by atoms with Crippen LogP contribution in [0, 0.1) is 6.92 Å². The summed E-state index contributed by atoms with van der Waals surface area (Å²) in [5, 5.41) is 10.1. The van der Waals surface area contributed by atoms with Crippen LogP contribution in [-0.4, -0.2) is 20.0 Å². The third kappa shape index (κ3) is 3.13. The standard InChI is InChI=1S/C20H17ClN4O/c1-13-7-8-15(11-17(13)21)25-12-19(23-24-25)14(2)26-20-9-10-22-18-6-4-3-5-16(18)20/h3-12,14H,1-2H3/t14-/m0/s1. The Morgan fingerprint density at radius 3 is 2.81 bits per heavy atom. The van der Waals surface area contributed by atoms with E-state index in [0.29, 0.717) is 5.02 Å². The normalized spacial score (nSPS) is 12.3. The number of pyridine rings is 1. The van der Waals surface area contributed by atoms with Crippen molar-refractivity contribution in [3.63, 3.8) is 0 Å². The number of hydrogen-bond donors (Lipinski definition) is 0. The van der Waals surface area contributed by atoms with Gasteiger partial charge in [-0.15, -0.1) is 5.10 Å². The van der Waals surface area contributed by atoms with Crippen LogP contribution < -0.4 is 4.74 Å². The summed E-state index contributed by atoms with van der Waals surface area (Å²) in [5.41, 5.74) is 3.52. The number of fused-ring (bicyclic) bond motifs is 1. The predicted molar refractivity (Wildman–Crippen MR) is 102 cm³/mol. The number of hydrogen-bond acceptors (Lipinski definition) is 4. The van der Waals surface area contributed by atoms with Crippen LogP contribution in [0.3, 0.4) is 0 Å². The third-order valence-corrected chi connectivity index (χ3v) is 4.67. The molecule has 5 nitrogen and oxygen atoms in total. The molecule has 26 heavy (non-hydrogen) atoms. The summed E-state index contributed by atoms with van der Waals surface area (Å²) in [5.74, 6) is 0.774. The molecule has 4 aromatic rings. The zero-order valence-corrected chi connectivity index (χ0v) is 15.2. The fraction of sp³-hybridized carbons (Fsp3) is 0.150. The van der Waals surface area contributed by atoms with Crippen LogP contribution >= 0.6 is 11.6 Å². The van der Waals surface area contributed by atoms with Gasteiger partial charge in [-0.05, 0) is 49.7 Å². The zero-order valence-electron chi connectivity index (χ0n) is 14.4. The molecule has 0 saturated heterocycles. The summed E-state index contributed by atoms with van der Waals surface area (Å²) in [6.45, 7) is 3.92. The van der Waals surface area contributed by atoms with Crippen molar-refractivity contribution in [2.24, 2.45) is 0 Å². The Kier molecular flexibility index (Phi) is 4.31. The molecule has 130 valence electrons. The summed E-state index contributed by atoms with van der Waals surface area (Å²) in [6.07, 6.45) is 3.35. The summed E-state index contributed by atoms with van der Waals surface area (Å²) in [4.78, 5) is 4.36. The summed E-state index contributed by atoms with van der Waals surface area (Å²) in [7, 11) is 0. The van der Waals surface area contributed by atoms with Crippen LogP contribution in [0.15, 0.2) is 60.9 Å². The molecule has 0 saturated carbocycles. The van der Waals surface area contributed by atoms with Crippen LogP contribution in [0.2, 0.25) is 5.02 Å². The highest BCUT2D eigenvalue weighted by molar-refractivity contribution is 6.31. The average Bonchev–Trinajstić information content (AvgIpc) is 3.15. The highest BCUT2D eigenvalue weighted by Gasteiger charge is 2.14. The van der Waals surface area contributed by atoms with E-state index < -0.39 is 0 Å². The Hall–Kier alpha value is -2.92. The Bertz CT molecular complexity index is 1070. The van der Waals surface area contributed by atoms with Gasteiger partial charge >= 0.3 is 0 Å². The minimum Gasteiger partial charge on any atom is -0.484 e. The fourth-order valence-electron chi connectivity index (χ4n) is 2.74. The lowest BCUT2D eigenvalue weighted by atomic mass is 10.2. The molecule has 0 fully saturated rings. The summed E-state index contributed by atoms with van der Waals surface area (Å²) in [6, 6.07) is 15.5. The maximum Gasteiger partial charge on any atom is 0.141 e. The first-order valence-electron chi connectivity index (χ1n) is 8.31. The molecule has 0 amide bonds. The van der Waals surface area contributed by atoms with Crippen LogP contribution in [0.1, 0.15) is 24.3 Å². The van der Waals surface area contributed by atoms with Crippen molar-refractivity contribution in [2.75, 3.05) is 0 Å². The maximum atomic E-state index is 6.20. The molecule has 6 heteroatoms. The Balaban J connectivity index is 1.60. The molecule has 0 aliphatic heterocycles. The predicted octanol–water partition coefficient (Wildman–Crippen LogP) is 4.92. The first-order valence-corrected chi connectivity index (χ1v) is 8.69. The van der Waals surface area contributed by atoms with E-state index in [-0.39, 0.29) is 6.10 Å². The summed E-state index contributed by atoms with van der Waals surface area (Å²) >= 11 is 6.20. The first-order chi connectivity index (χ1) is 12.6. The number of nitrogens with zero attached hydrogens (tertiary/aromatic N) is 4. The van der Waals surface area contributed by atoms with Crippen LogP contribution in [0.25, 0.3) is 16.6 Å². The van der Waals surface area contributed by atoms with E-state index in [9.17, 15) is 0 Å². The smallest absolute Gasteiger partial charge is 0.141 e. The van der Waals surface area contributed by atoms with Gasteiger partial charge in [-0.1, -0.05) is 35.0 Å². The minimum atomic E-state index is -0.254. The minimum absolute atomic E-state index is 0.254. The van der Waals surface area contributed by atoms with Crippen LogP contribution in [0.4, 0.5) is 0 Å². The van der Waals surface area contributed by atoms with Crippen LogP contribution in [0.5, 0.6) is 5.75 Å². The topological polar surface area (TPSA) is 52.8 Å². The van der Waals surface area contributed by atoms with Gasteiger partial charge in [0.15, 0.2) is 0 Å². The van der Waals surface area contributed by atoms with Crippen molar-refractivity contribution in [1.82, 2.24) is 20.0 Å². The number of aromatic nitrogens is 4. The first kappa shape index (κ1) is 16.5. The average molecular weight is 365 g/mol. The van der Waals surface area contributed by atoms with Crippen molar-refractivity contribution in [1.29, 1.82) is 0 Å². The van der Waals surface area contributed by atoms with Gasteiger partial charge in [-0.25, -0.2) is 4.68 Å². The number of halogens is 1. The molecule has 2 heterocycles. The molecule has 0 N–H and O–H groups in total. The highest BCUT2D eigenvalue weighted by Crippen LogP contribution is 2.28. The van der Waals surface area contributed by atoms with Gasteiger partial charge in [-0.3, -0.25) is 4.98 Å². The number of aryl methyl sites for hydroxylation is 1. The Labute approximate surface area is 156 Å². The van der Waals surface area contributed by atoms with Crippen molar-refractivity contribution in [3.05, 3.63) is 77.2 Å². The number of rotatable bonds is 4. The third-order valence-electron chi connectivity index (χ3n) is 4.26. The lowest BCUT2D eigenvalue weighted by molar-refractivity contribution is 0.224. The van der Waals surface area contributed by atoms with E-state index in [1.165, 1.54) is 0 Å². The van der Waals surface area contributed by atoms with Gasteiger partial charge in [0.05, 0.1) is 17.4 Å². The molecule has 0 bridgehead atoms. The fourth-order valence-corrected chi connectivity index (χ4v) is 2.91. The van der Waals surface area contributed by atoms with Crippen molar-refractivity contribution in [2.45, 2.75) is 20.0 Å². The number of ether oxygens (including phenoxy) is 1. The molecule has 0 radical (unpaired) electrons. The maximum absolute atomic E-state index is 6.20. The van der Waals surface area contributed by atoms with Crippen molar-refractivity contribution in [3.8, 4) is 11.4 Å². The largest absolute Gasteiger partial charge is 0.484 e. The molecule has 2 aromatic heterocycles. The van der Waals surface area contributed by atoms with Crippen molar-refractivity contribution >= 4 is 22.5 Å². The van der Waals surface area contributed by atoms with Gasteiger partial charge in [0.2, 0.25) is 0 Å². The van der Waals surface area contributed by atoms with E-state index in [4.69, 9.17) is 16.3 Å². The van der Waals surface area contributed by atoms with E-state index in [0.717, 1.165) is 33.6 Å². The molecule has 2 aromatic carbocycles. The second-order valence-electron chi connectivity index (χ2n) is 6.11. The quantitative estimate of drug-likeness (QED) is 0.516. The molecular weight excluding hydrogens is 348 g/mol. The monoisotopic (exact) mass is 364 g/mol. The highest BCUT2D eigenvalue weighted by atomic mass is 35.5. The summed E-state index contributed by atoms with van der Waals surface area (Å²) < 4.78 is 7.82. The van der Waals surface area contributed by atoms with E-state index in [2.05, 4.69) is 15.3 Å². The van der Waals surface area contributed by atoms with Gasteiger partial charge in [0.25, 0.3) is 0 Å². The lowest BCUT2D eigenvalue weighted by Gasteiger charge is -2.13. The SMILES string of the molecule is Cc1ccc(-n2cc([C@H](C)Oc3ccnc4ccccc34)nn2)cc1Cl. The van der Waals surface area contributed by atoms with Gasteiger partial charge in [-0.2, -0.15) is 0 Å². The van der Waals surface area contributed by atoms with E-state index >= 15 is 0 Å². The molecule has 4 rings (SSSR count). The van der Waals surface area contributed by atoms with Gasteiger partial charge in [0.1, 0.15) is 17.5 Å². The van der Waals surface area contributed by atoms with Gasteiger partial charge in [0, 0.05) is 16.6 Å². The van der Waals surface area contributed by atoms with E-state index in [1.54, 1.807) is 10.9 Å². The molecule has 0 aliphatic rings. The second-order valence-corrected chi connectivity index (χ2v) is 6.51. The van der Waals surface area contributed by atoms with Gasteiger partial charge < -0.3 is 4.74 Å². The molecular formula is C20H17ClN4O. The number of para-hydroxylation sites is 1. The number of benzene rings is 2. The zero-order chi connectivity index (χ0) is 18.1. The Morgan fingerprint density at radius 2 is 1.96 bits per heavy atom. The molecule has 0 unspecified atom stereocenters. The Morgan fingerprint density at radius 1 is 1.12 bits per heavy atom. The molecule has 0 aliphatic carbocycles.